The van der Waals surface area contributed by atoms with Gasteiger partial charge in [0.2, 0.25) is 4.96 Å². The minimum Gasteiger partial charge on any atom is -0.369 e. The zero-order chi connectivity index (χ0) is 21.4. The van der Waals surface area contributed by atoms with Crippen molar-refractivity contribution >= 4 is 16.3 Å². The quantitative estimate of drug-likeness (QED) is 0.393. The van der Waals surface area contributed by atoms with Crippen LogP contribution in [0.2, 0.25) is 0 Å². The Morgan fingerprint density at radius 3 is 2.65 bits per heavy atom. The van der Waals surface area contributed by atoms with Crippen molar-refractivity contribution in [3.63, 3.8) is 0 Å². The summed E-state index contributed by atoms with van der Waals surface area (Å²) in [5.41, 5.74) is 4.90. The number of benzene rings is 2. The van der Waals surface area contributed by atoms with E-state index in [0.29, 0.717) is 18.0 Å². The molecule has 0 unspecified atom stereocenters. The fraction of sp³-hybridized carbons (Fsp3) is 0.182. The molecule has 5 aromatic rings. The van der Waals surface area contributed by atoms with Crippen LogP contribution in [0.15, 0.2) is 54.7 Å². The molecule has 31 heavy (non-hydrogen) atoms. The molecule has 0 fully saturated rings. The van der Waals surface area contributed by atoms with Crippen LogP contribution in [0.4, 0.5) is 4.39 Å². The van der Waals surface area contributed by atoms with E-state index < -0.39 is 0 Å². The van der Waals surface area contributed by atoms with Crippen LogP contribution in [0.5, 0.6) is 0 Å². The number of aryl methyl sites for hydroxylation is 2. The summed E-state index contributed by atoms with van der Waals surface area (Å²) < 4.78 is 23.2. The van der Waals surface area contributed by atoms with Crippen LogP contribution in [-0.2, 0) is 18.0 Å². The van der Waals surface area contributed by atoms with Crippen molar-refractivity contribution in [3.8, 4) is 16.9 Å². The number of hydrogen-bond acceptors (Lipinski definition) is 6. The van der Waals surface area contributed by atoms with Gasteiger partial charge in [0, 0.05) is 5.56 Å². The number of ether oxygens (including phenoxy) is 1. The van der Waals surface area contributed by atoms with Gasteiger partial charge in [-0.2, -0.15) is 5.10 Å². The van der Waals surface area contributed by atoms with E-state index in [-0.39, 0.29) is 12.4 Å². The first-order valence-electron chi connectivity index (χ1n) is 9.74. The summed E-state index contributed by atoms with van der Waals surface area (Å²) in [6.45, 7) is 4.55. The molecule has 5 rings (SSSR count). The number of rotatable bonds is 6. The molecule has 0 amide bonds. The largest absolute Gasteiger partial charge is 0.369 e. The van der Waals surface area contributed by atoms with Crippen molar-refractivity contribution in [2.45, 2.75) is 27.1 Å². The molecule has 0 saturated heterocycles. The zero-order valence-electron chi connectivity index (χ0n) is 17.0. The lowest BCUT2D eigenvalue weighted by Crippen LogP contribution is -2.01. The van der Waals surface area contributed by atoms with E-state index in [1.165, 1.54) is 16.3 Å². The van der Waals surface area contributed by atoms with Gasteiger partial charge in [0.15, 0.2) is 0 Å². The number of para-hydroxylation sites is 1. The molecule has 0 aliphatic rings. The molecule has 0 spiro atoms. The second kappa shape index (κ2) is 8.01. The van der Waals surface area contributed by atoms with Crippen molar-refractivity contribution in [1.82, 2.24) is 29.6 Å². The van der Waals surface area contributed by atoms with Crippen LogP contribution in [0.25, 0.3) is 21.9 Å². The highest BCUT2D eigenvalue weighted by Crippen LogP contribution is 2.28. The Morgan fingerprint density at radius 1 is 1.03 bits per heavy atom. The monoisotopic (exact) mass is 434 g/mol. The maximum atomic E-state index is 14.0. The van der Waals surface area contributed by atoms with Gasteiger partial charge in [0.25, 0.3) is 0 Å². The zero-order valence-corrected chi connectivity index (χ0v) is 17.8. The van der Waals surface area contributed by atoms with Gasteiger partial charge in [0.1, 0.15) is 22.2 Å². The second-order valence-corrected chi connectivity index (χ2v) is 8.35. The summed E-state index contributed by atoms with van der Waals surface area (Å²) in [6, 6.07) is 14.7. The average molecular weight is 435 g/mol. The van der Waals surface area contributed by atoms with Gasteiger partial charge in [-0.25, -0.2) is 18.6 Å². The normalized spacial score (nSPS) is 11.5. The first kappa shape index (κ1) is 19.5. The summed E-state index contributed by atoms with van der Waals surface area (Å²) in [5.74, 6) is -0.358. The van der Waals surface area contributed by atoms with E-state index in [1.54, 1.807) is 35.7 Å². The summed E-state index contributed by atoms with van der Waals surface area (Å²) in [6.07, 6.45) is 1.66. The average Bonchev–Trinajstić information content (AvgIpc) is 3.45. The molecular weight excluding hydrogens is 415 g/mol. The van der Waals surface area contributed by atoms with Crippen molar-refractivity contribution < 1.29 is 9.13 Å². The van der Waals surface area contributed by atoms with Gasteiger partial charge in [-0.05, 0) is 26.0 Å². The molecule has 0 radical (unpaired) electrons. The highest BCUT2D eigenvalue weighted by Gasteiger charge is 2.18. The van der Waals surface area contributed by atoms with Crippen LogP contribution in [0.3, 0.4) is 0 Å². The fourth-order valence-electron chi connectivity index (χ4n) is 3.33. The van der Waals surface area contributed by atoms with E-state index in [1.807, 2.05) is 11.4 Å². The van der Waals surface area contributed by atoms with E-state index in [4.69, 9.17) is 9.72 Å². The molecule has 0 bridgehead atoms. The molecule has 3 aromatic heterocycles. The molecule has 2 aromatic carbocycles. The lowest BCUT2D eigenvalue weighted by Gasteiger charge is -2.05. The molecule has 156 valence electrons. The number of imidazole rings is 1. The Kier molecular flexibility index (Phi) is 5.05. The van der Waals surface area contributed by atoms with E-state index in [0.717, 1.165) is 26.9 Å². The Labute approximate surface area is 181 Å². The van der Waals surface area contributed by atoms with Gasteiger partial charge >= 0.3 is 0 Å². The van der Waals surface area contributed by atoms with Gasteiger partial charge < -0.3 is 4.74 Å². The molecule has 7 nitrogen and oxygen atoms in total. The highest BCUT2D eigenvalue weighted by atomic mass is 32.1. The highest BCUT2D eigenvalue weighted by molar-refractivity contribution is 7.16. The minimum atomic E-state index is -0.358. The summed E-state index contributed by atoms with van der Waals surface area (Å²) in [4.78, 5) is 5.61. The van der Waals surface area contributed by atoms with E-state index in [2.05, 4.69) is 46.6 Å². The predicted molar refractivity (Wildman–Crippen MR) is 116 cm³/mol. The fourth-order valence-corrected chi connectivity index (χ4v) is 4.09. The Hall–Kier alpha value is -3.43. The van der Waals surface area contributed by atoms with Crippen molar-refractivity contribution in [2.75, 3.05) is 0 Å². The molecule has 0 saturated carbocycles. The Morgan fingerprint density at radius 2 is 1.84 bits per heavy atom. The van der Waals surface area contributed by atoms with Crippen LogP contribution >= 0.6 is 11.3 Å². The second-order valence-electron chi connectivity index (χ2n) is 7.19. The number of aromatic nitrogens is 6. The van der Waals surface area contributed by atoms with Crippen molar-refractivity contribution in [1.29, 1.82) is 0 Å². The van der Waals surface area contributed by atoms with Crippen molar-refractivity contribution in [2.24, 2.45) is 0 Å². The van der Waals surface area contributed by atoms with Crippen LogP contribution < -0.4 is 0 Å². The molecular formula is C22H19FN6OS. The van der Waals surface area contributed by atoms with Gasteiger partial charge in [0.05, 0.1) is 30.8 Å². The summed E-state index contributed by atoms with van der Waals surface area (Å²) in [5, 5.41) is 13.6. The first-order chi connectivity index (χ1) is 15.1. The third-order valence-electron chi connectivity index (χ3n) is 4.85. The molecule has 0 atom stereocenters. The SMILES string of the molecule is Cc1ccc(-c2nc3sc(C)nn3c2COCc2cn(-c3ccccc3F)nn2)cc1. The molecule has 3 heterocycles. The maximum absolute atomic E-state index is 14.0. The van der Waals surface area contributed by atoms with Gasteiger partial charge in [-0.15, -0.1) is 5.10 Å². The van der Waals surface area contributed by atoms with Crippen LogP contribution in [0, 0.1) is 19.7 Å². The van der Waals surface area contributed by atoms with Gasteiger partial charge in [-0.3, -0.25) is 0 Å². The molecule has 9 heteroatoms. The number of hydrogen-bond donors (Lipinski definition) is 0. The topological polar surface area (TPSA) is 70.1 Å². The molecule has 0 aliphatic carbocycles. The Bertz CT molecular complexity index is 1350. The summed E-state index contributed by atoms with van der Waals surface area (Å²) >= 11 is 1.54. The van der Waals surface area contributed by atoms with Crippen LogP contribution in [-0.4, -0.2) is 29.6 Å². The van der Waals surface area contributed by atoms with Gasteiger partial charge in [-0.1, -0.05) is 58.5 Å². The maximum Gasteiger partial charge on any atom is 0.213 e. The van der Waals surface area contributed by atoms with E-state index >= 15 is 0 Å². The Balaban J connectivity index is 1.37. The predicted octanol–water partition coefficient (Wildman–Crippen LogP) is 4.51. The molecule has 0 N–H and O–H groups in total. The summed E-state index contributed by atoms with van der Waals surface area (Å²) in [7, 11) is 0. The minimum absolute atomic E-state index is 0.234. The lowest BCUT2D eigenvalue weighted by atomic mass is 10.1. The van der Waals surface area contributed by atoms with E-state index in [9.17, 15) is 4.39 Å². The molecule has 0 aliphatic heterocycles. The van der Waals surface area contributed by atoms with Crippen LogP contribution in [0.1, 0.15) is 22.0 Å². The standard InChI is InChI=1S/C22H19FN6OS/c1-14-7-9-16(10-8-14)21-20(29-22(24-21)31-15(2)26-29)13-30-12-17-11-28(27-25-17)19-6-4-3-5-18(19)23/h3-11H,12-13H2,1-2H3. The third kappa shape index (κ3) is 3.85. The first-order valence-corrected chi connectivity index (χ1v) is 10.6. The number of halogens is 1. The van der Waals surface area contributed by atoms with Crippen molar-refractivity contribution in [3.05, 3.63) is 82.5 Å². The third-order valence-corrected chi connectivity index (χ3v) is 5.68. The lowest BCUT2D eigenvalue weighted by molar-refractivity contribution is 0.101. The number of nitrogens with zero attached hydrogens (tertiary/aromatic N) is 6. The smallest absolute Gasteiger partial charge is 0.213 e. The number of fused-ring (bicyclic) bond motifs is 1.